The summed E-state index contributed by atoms with van der Waals surface area (Å²) in [6, 6.07) is 5.35. The Morgan fingerprint density at radius 2 is 1.87 bits per heavy atom. The highest BCUT2D eigenvalue weighted by molar-refractivity contribution is 6.55. The van der Waals surface area contributed by atoms with Crippen molar-refractivity contribution < 1.29 is 19.2 Å². The number of hydrogen-bond donors (Lipinski definition) is 0. The van der Waals surface area contributed by atoms with Crippen molar-refractivity contribution in [2.45, 2.75) is 13.3 Å². The second kappa shape index (κ2) is 7.34. The zero-order valence-electron chi connectivity index (χ0n) is 12.5. The molecule has 1 heterocycles. The third-order valence-electron chi connectivity index (χ3n) is 3.35. The van der Waals surface area contributed by atoms with Crippen molar-refractivity contribution >= 4 is 34.7 Å². The molecule has 0 saturated heterocycles. The van der Waals surface area contributed by atoms with Crippen molar-refractivity contribution in [1.29, 1.82) is 0 Å². The van der Waals surface area contributed by atoms with Crippen molar-refractivity contribution in [3.05, 3.63) is 45.0 Å². The molecule has 0 N–H and O–H groups in total. The van der Waals surface area contributed by atoms with Gasteiger partial charge in [0.15, 0.2) is 0 Å². The van der Waals surface area contributed by atoms with E-state index in [2.05, 4.69) is 0 Å². The Balaban J connectivity index is 2.17. The summed E-state index contributed by atoms with van der Waals surface area (Å²) >= 11 is 6.00. The van der Waals surface area contributed by atoms with E-state index in [1.807, 2.05) is 6.92 Å². The first-order valence-electron chi connectivity index (χ1n) is 7.06. The predicted molar refractivity (Wildman–Crippen MR) is 83.7 cm³/mol. The van der Waals surface area contributed by atoms with Crippen LogP contribution >= 0.6 is 11.6 Å². The number of halogens is 1. The van der Waals surface area contributed by atoms with Crippen LogP contribution in [0.4, 0.5) is 5.69 Å². The topological polar surface area (TPSA) is 89.8 Å². The molecule has 1 aliphatic rings. The second-order valence-corrected chi connectivity index (χ2v) is 5.18. The Morgan fingerprint density at radius 1 is 1.22 bits per heavy atom. The van der Waals surface area contributed by atoms with Gasteiger partial charge in [0.2, 0.25) is 0 Å². The van der Waals surface area contributed by atoms with E-state index in [0.29, 0.717) is 25.2 Å². The van der Waals surface area contributed by atoms with Crippen molar-refractivity contribution in [2.24, 2.45) is 0 Å². The molecule has 0 atom stereocenters. The van der Waals surface area contributed by atoms with E-state index in [-0.39, 0.29) is 22.8 Å². The molecule has 1 aromatic carbocycles. The molecule has 1 aliphatic heterocycles. The van der Waals surface area contributed by atoms with E-state index in [1.54, 1.807) is 0 Å². The van der Waals surface area contributed by atoms with E-state index in [4.69, 9.17) is 16.3 Å². The maximum absolute atomic E-state index is 12.4. The summed E-state index contributed by atoms with van der Waals surface area (Å²) in [4.78, 5) is 35.7. The Kier molecular flexibility index (Phi) is 5.46. The van der Waals surface area contributed by atoms with E-state index in [9.17, 15) is 19.7 Å². The van der Waals surface area contributed by atoms with Crippen molar-refractivity contribution in [3.8, 4) is 0 Å². The van der Waals surface area contributed by atoms with Crippen LogP contribution < -0.4 is 0 Å². The highest BCUT2D eigenvalue weighted by Crippen LogP contribution is 2.32. The van der Waals surface area contributed by atoms with Gasteiger partial charge < -0.3 is 4.74 Å². The highest BCUT2D eigenvalue weighted by Gasteiger charge is 2.37. The van der Waals surface area contributed by atoms with Crippen LogP contribution in [0.1, 0.15) is 18.9 Å². The van der Waals surface area contributed by atoms with Gasteiger partial charge in [-0.15, -0.1) is 0 Å². The van der Waals surface area contributed by atoms with Crippen LogP contribution in [0, 0.1) is 10.1 Å². The molecule has 0 aliphatic carbocycles. The van der Waals surface area contributed by atoms with E-state index in [1.165, 1.54) is 24.3 Å². The molecule has 0 radical (unpaired) electrons. The smallest absolute Gasteiger partial charge is 0.273 e. The molecule has 2 rings (SSSR count). The number of nitro benzene ring substituents is 1. The monoisotopic (exact) mass is 338 g/mol. The van der Waals surface area contributed by atoms with E-state index in [0.717, 1.165) is 4.90 Å². The normalized spacial score (nSPS) is 14.8. The first kappa shape index (κ1) is 17.1. The molecule has 122 valence electrons. The Labute approximate surface area is 137 Å². The molecule has 0 fully saturated rings. The summed E-state index contributed by atoms with van der Waals surface area (Å²) in [6.45, 7) is 3.08. The van der Waals surface area contributed by atoms with Gasteiger partial charge in [0.25, 0.3) is 17.5 Å². The van der Waals surface area contributed by atoms with Gasteiger partial charge in [-0.1, -0.05) is 11.6 Å². The zero-order chi connectivity index (χ0) is 17.0. The SMILES string of the molecule is CCOCCCN1C(=O)C(Cl)=C(c2ccc([N+](=O)[O-])cc2)C1=O. The zero-order valence-corrected chi connectivity index (χ0v) is 13.2. The summed E-state index contributed by atoms with van der Waals surface area (Å²) in [5.41, 5.74) is 0.352. The largest absolute Gasteiger partial charge is 0.382 e. The molecule has 1 aromatic rings. The molecule has 7 nitrogen and oxygen atoms in total. The van der Waals surface area contributed by atoms with Crippen LogP contribution in [-0.2, 0) is 14.3 Å². The minimum absolute atomic E-state index is 0.0722. The quantitative estimate of drug-likeness (QED) is 0.329. The standard InChI is InChI=1S/C15H15ClN2O5/c1-2-23-9-3-8-17-14(19)12(13(16)15(17)20)10-4-6-11(7-5-10)18(21)22/h4-7H,2-3,8-9H2,1H3. The lowest BCUT2D eigenvalue weighted by atomic mass is 10.1. The van der Waals surface area contributed by atoms with Crippen molar-refractivity contribution in [2.75, 3.05) is 19.8 Å². The molecule has 0 spiro atoms. The van der Waals surface area contributed by atoms with Gasteiger partial charge in [0.1, 0.15) is 5.03 Å². The minimum Gasteiger partial charge on any atom is -0.382 e. The molecular formula is C15H15ClN2O5. The fourth-order valence-electron chi connectivity index (χ4n) is 2.22. The number of imide groups is 1. The molecule has 8 heteroatoms. The molecular weight excluding hydrogens is 324 g/mol. The summed E-state index contributed by atoms with van der Waals surface area (Å²) < 4.78 is 5.18. The molecule has 0 unspecified atom stereocenters. The molecule has 0 aromatic heterocycles. The number of nitro groups is 1. The number of carbonyl (C=O) groups is 2. The lowest BCUT2D eigenvalue weighted by Gasteiger charge is -2.14. The van der Waals surface area contributed by atoms with Gasteiger partial charge in [-0.05, 0) is 31.0 Å². The molecule has 23 heavy (non-hydrogen) atoms. The van der Waals surface area contributed by atoms with Crippen LogP contribution in [0.2, 0.25) is 0 Å². The first-order chi connectivity index (χ1) is 11.0. The van der Waals surface area contributed by atoms with Gasteiger partial charge in [-0.3, -0.25) is 24.6 Å². The van der Waals surface area contributed by atoms with Gasteiger partial charge >= 0.3 is 0 Å². The second-order valence-electron chi connectivity index (χ2n) is 4.81. The van der Waals surface area contributed by atoms with E-state index >= 15 is 0 Å². The minimum atomic E-state index is -0.554. The fraction of sp³-hybridized carbons (Fsp3) is 0.333. The van der Waals surface area contributed by atoms with Crippen LogP contribution in [0.5, 0.6) is 0 Å². The lowest BCUT2D eigenvalue weighted by molar-refractivity contribution is -0.384. The third-order valence-corrected chi connectivity index (χ3v) is 3.70. The average molecular weight is 339 g/mol. The summed E-state index contributed by atoms with van der Waals surface area (Å²) in [7, 11) is 0. The average Bonchev–Trinajstić information content (AvgIpc) is 2.74. The summed E-state index contributed by atoms with van der Waals surface area (Å²) in [5.74, 6) is -1.05. The maximum atomic E-state index is 12.4. The fourth-order valence-corrected chi connectivity index (χ4v) is 2.51. The number of rotatable bonds is 7. The number of carbonyl (C=O) groups excluding carboxylic acids is 2. The number of ether oxygens (including phenoxy) is 1. The third kappa shape index (κ3) is 3.57. The molecule has 0 bridgehead atoms. The Bertz CT molecular complexity index is 669. The van der Waals surface area contributed by atoms with Crippen LogP contribution in [0.15, 0.2) is 29.3 Å². The van der Waals surface area contributed by atoms with Gasteiger partial charge in [0.05, 0.1) is 10.5 Å². The number of non-ortho nitro benzene ring substituents is 1. The highest BCUT2D eigenvalue weighted by atomic mass is 35.5. The first-order valence-corrected chi connectivity index (χ1v) is 7.43. The number of benzene rings is 1. The number of nitrogens with zero attached hydrogens (tertiary/aromatic N) is 2. The van der Waals surface area contributed by atoms with Crippen molar-refractivity contribution in [1.82, 2.24) is 4.90 Å². The van der Waals surface area contributed by atoms with Crippen molar-refractivity contribution in [3.63, 3.8) is 0 Å². The summed E-state index contributed by atoms with van der Waals surface area (Å²) in [6.07, 6.45) is 0.517. The van der Waals surface area contributed by atoms with Gasteiger partial charge in [-0.2, -0.15) is 0 Å². The number of hydrogen-bond acceptors (Lipinski definition) is 5. The lowest BCUT2D eigenvalue weighted by Crippen LogP contribution is -2.32. The van der Waals surface area contributed by atoms with Crippen LogP contribution in [0.25, 0.3) is 5.57 Å². The maximum Gasteiger partial charge on any atom is 0.273 e. The Hall–Kier alpha value is -2.25. The summed E-state index contributed by atoms with van der Waals surface area (Å²) in [5, 5.41) is 10.5. The van der Waals surface area contributed by atoms with Gasteiger partial charge in [-0.25, -0.2) is 0 Å². The number of amides is 2. The van der Waals surface area contributed by atoms with Crippen LogP contribution in [0.3, 0.4) is 0 Å². The van der Waals surface area contributed by atoms with E-state index < -0.39 is 16.7 Å². The molecule has 0 saturated carbocycles. The molecule has 2 amide bonds. The Morgan fingerprint density at radius 3 is 2.43 bits per heavy atom. The predicted octanol–water partition coefficient (Wildman–Crippen LogP) is 2.34. The van der Waals surface area contributed by atoms with Gasteiger partial charge in [0, 0.05) is 31.9 Å². The van der Waals surface area contributed by atoms with Crippen LogP contribution in [-0.4, -0.2) is 41.4 Å².